The molecule has 1 saturated heterocycles. The van der Waals surface area contributed by atoms with Gasteiger partial charge in [-0.15, -0.1) is 0 Å². The Bertz CT molecular complexity index is 1350. The number of ketones is 2. The molecule has 2 amide bonds. The Kier molecular flexibility index (Phi) is 6.26. The molecule has 3 aromatic rings. The van der Waals surface area contributed by atoms with Gasteiger partial charge in [-0.2, -0.15) is 0 Å². The highest BCUT2D eigenvalue weighted by Crippen LogP contribution is 2.28. The number of nitrogens with zero attached hydrogens (tertiary/aromatic N) is 4. The lowest BCUT2D eigenvalue weighted by Crippen LogP contribution is -2.56. The third-order valence-electron chi connectivity index (χ3n) is 6.40. The maximum absolute atomic E-state index is 13.0. The Labute approximate surface area is 206 Å². The van der Waals surface area contributed by atoms with Crippen LogP contribution in [0.25, 0.3) is 0 Å². The van der Waals surface area contributed by atoms with E-state index in [0.29, 0.717) is 37.7 Å². The summed E-state index contributed by atoms with van der Waals surface area (Å²) in [6.07, 6.45) is 3.31. The quantitative estimate of drug-likeness (QED) is 0.422. The molecule has 182 valence electrons. The maximum Gasteiger partial charge on any atom is 0.252 e. The molecule has 5 rings (SSSR count). The van der Waals surface area contributed by atoms with Gasteiger partial charge in [0.1, 0.15) is 6.04 Å². The van der Waals surface area contributed by atoms with Crippen molar-refractivity contribution in [2.45, 2.75) is 6.04 Å². The fourth-order valence-electron chi connectivity index (χ4n) is 4.47. The largest absolute Gasteiger partial charge is 0.394 e. The molecule has 1 aromatic heterocycles. The highest BCUT2D eigenvalue weighted by molar-refractivity contribution is 6.28. The van der Waals surface area contributed by atoms with Crippen LogP contribution in [0.4, 0.5) is 5.95 Å². The molecule has 0 bridgehead atoms. The SMILES string of the molecule is O=C(N[C@@H](CO)C(=O)N1CCN(c2ncccn2)CC1)c1ccc2c(c1)C(=O)c1ccccc1C2=O. The summed E-state index contributed by atoms with van der Waals surface area (Å²) in [6, 6.07) is 11.4. The van der Waals surface area contributed by atoms with E-state index in [2.05, 4.69) is 15.3 Å². The minimum atomic E-state index is -1.15. The average Bonchev–Trinajstić information content (AvgIpc) is 2.94. The minimum absolute atomic E-state index is 0.117. The maximum atomic E-state index is 13.0. The second kappa shape index (κ2) is 9.67. The number of anilines is 1. The first-order valence-corrected chi connectivity index (χ1v) is 11.5. The summed E-state index contributed by atoms with van der Waals surface area (Å²) in [6.45, 7) is 1.23. The highest BCUT2D eigenvalue weighted by Gasteiger charge is 2.32. The van der Waals surface area contributed by atoms with E-state index < -0.39 is 24.5 Å². The number of aromatic nitrogens is 2. The molecular formula is C26H23N5O5. The van der Waals surface area contributed by atoms with Crippen LogP contribution in [0, 0.1) is 0 Å². The van der Waals surface area contributed by atoms with Crippen molar-refractivity contribution in [2.24, 2.45) is 0 Å². The van der Waals surface area contributed by atoms with Crippen molar-refractivity contribution in [1.29, 1.82) is 0 Å². The van der Waals surface area contributed by atoms with Crippen molar-refractivity contribution in [3.05, 3.63) is 88.7 Å². The number of nitrogens with one attached hydrogen (secondary N) is 1. The number of aliphatic hydroxyl groups is 1. The van der Waals surface area contributed by atoms with Gasteiger partial charge in [0.05, 0.1) is 6.61 Å². The van der Waals surface area contributed by atoms with Crippen LogP contribution >= 0.6 is 0 Å². The van der Waals surface area contributed by atoms with Gasteiger partial charge in [0.15, 0.2) is 11.6 Å². The molecule has 2 N–H and O–H groups in total. The fourth-order valence-corrected chi connectivity index (χ4v) is 4.47. The van der Waals surface area contributed by atoms with Crippen LogP contribution in [-0.4, -0.2) is 82.2 Å². The molecule has 10 nitrogen and oxygen atoms in total. The number of piperazine rings is 1. The van der Waals surface area contributed by atoms with Gasteiger partial charge < -0.3 is 20.2 Å². The first kappa shape index (κ1) is 23.3. The molecule has 2 aliphatic rings. The molecule has 0 saturated carbocycles. The summed E-state index contributed by atoms with van der Waals surface area (Å²) in [5.41, 5.74) is 1.10. The zero-order valence-corrected chi connectivity index (χ0v) is 19.3. The van der Waals surface area contributed by atoms with Gasteiger partial charge in [0.25, 0.3) is 5.91 Å². The standard InChI is InChI=1S/C26H23N5O5/c32-15-21(25(36)30-10-12-31(13-11-30)26-27-8-3-9-28-26)29-24(35)16-6-7-19-20(14-16)23(34)18-5-2-1-4-17(18)22(19)33/h1-9,14,21,32H,10-13,15H2,(H,29,35)/t21-/m0/s1. The smallest absolute Gasteiger partial charge is 0.252 e. The fraction of sp³-hybridized carbons (Fsp3) is 0.231. The van der Waals surface area contributed by atoms with E-state index in [4.69, 9.17) is 0 Å². The van der Waals surface area contributed by atoms with Crippen molar-refractivity contribution < 1.29 is 24.3 Å². The predicted molar refractivity (Wildman–Crippen MR) is 129 cm³/mol. The Hall–Kier alpha value is -4.44. The number of aliphatic hydroxyl groups excluding tert-OH is 1. The van der Waals surface area contributed by atoms with Crippen molar-refractivity contribution in [2.75, 3.05) is 37.7 Å². The van der Waals surface area contributed by atoms with E-state index in [1.54, 1.807) is 47.6 Å². The molecule has 0 radical (unpaired) electrons. The van der Waals surface area contributed by atoms with Gasteiger partial charge in [-0.3, -0.25) is 19.2 Å². The molecule has 0 spiro atoms. The number of fused-ring (bicyclic) bond motifs is 2. The summed E-state index contributed by atoms with van der Waals surface area (Å²) in [5, 5.41) is 12.4. The zero-order chi connectivity index (χ0) is 25.2. The summed E-state index contributed by atoms with van der Waals surface area (Å²) in [7, 11) is 0. The second-order valence-electron chi connectivity index (χ2n) is 8.53. The number of carbonyl (C=O) groups is 4. The van der Waals surface area contributed by atoms with E-state index in [-0.39, 0.29) is 33.8 Å². The first-order chi connectivity index (χ1) is 17.5. The van der Waals surface area contributed by atoms with Gasteiger partial charge in [0, 0.05) is 66.4 Å². The Morgan fingerprint density at radius 3 is 2.11 bits per heavy atom. The van der Waals surface area contributed by atoms with Gasteiger partial charge in [-0.05, 0) is 24.3 Å². The average molecular weight is 486 g/mol. The topological polar surface area (TPSA) is 133 Å². The molecule has 1 aliphatic carbocycles. The molecule has 36 heavy (non-hydrogen) atoms. The first-order valence-electron chi connectivity index (χ1n) is 11.5. The van der Waals surface area contributed by atoms with E-state index in [1.165, 1.54) is 18.2 Å². The number of rotatable bonds is 5. The van der Waals surface area contributed by atoms with E-state index in [1.807, 2.05) is 4.90 Å². The van der Waals surface area contributed by atoms with Crippen LogP contribution < -0.4 is 10.2 Å². The molecular weight excluding hydrogens is 462 g/mol. The van der Waals surface area contributed by atoms with Crippen molar-refractivity contribution in [1.82, 2.24) is 20.2 Å². The van der Waals surface area contributed by atoms with E-state index >= 15 is 0 Å². The van der Waals surface area contributed by atoms with Crippen LogP contribution in [0.2, 0.25) is 0 Å². The number of benzene rings is 2. The molecule has 0 unspecified atom stereocenters. The van der Waals surface area contributed by atoms with Crippen LogP contribution in [0.3, 0.4) is 0 Å². The van der Waals surface area contributed by atoms with Crippen molar-refractivity contribution >= 4 is 29.3 Å². The molecule has 1 aliphatic heterocycles. The highest BCUT2D eigenvalue weighted by atomic mass is 16.3. The van der Waals surface area contributed by atoms with E-state index in [9.17, 15) is 24.3 Å². The minimum Gasteiger partial charge on any atom is -0.394 e. The van der Waals surface area contributed by atoms with Crippen LogP contribution in [0.5, 0.6) is 0 Å². The Morgan fingerprint density at radius 1 is 0.861 bits per heavy atom. The number of hydrogen-bond donors (Lipinski definition) is 2. The van der Waals surface area contributed by atoms with Crippen molar-refractivity contribution in [3.63, 3.8) is 0 Å². The lowest BCUT2D eigenvalue weighted by molar-refractivity contribution is -0.134. The normalized spacial score (nSPS) is 15.7. The third-order valence-corrected chi connectivity index (χ3v) is 6.40. The van der Waals surface area contributed by atoms with Gasteiger partial charge in [-0.25, -0.2) is 9.97 Å². The molecule has 2 aromatic carbocycles. The van der Waals surface area contributed by atoms with Crippen molar-refractivity contribution in [3.8, 4) is 0 Å². The monoisotopic (exact) mass is 485 g/mol. The summed E-state index contributed by atoms with van der Waals surface area (Å²) < 4.78 is 0. The lowest BCUT2D eigenvalue weighted by Gasteiger charge is -2.36. The molecule has 1 atom stereocenters. The van der Waals surface area contributed by atoms with Crippen LogP contribution in [0.15, 0.2) is 60.9 Å². The molecule has 10 heteroatoms. The number of hydrogen-bond acceptors (Lipinski definition) is 8. The summed E-state index contributed by atoms with van der Waals surface area (Å²) in [5.74, 6) is -1.07. The number of carbonyl (C=O) groups excluding carboxylic acids is 4. The number of amides is 2. The van der Waals surface area contributed by atoms with Gasteiger partial charge in [0.2, 0.25) is 11.9 Å². The zero-order valence-electron chi connectivity index (χ0n) is 19.3. The lowest BCUT2D eigenvalue weighted by atomic mass is 9.83. The molecule has 1 fully saturated rings. The van der Waals surface area contributed by atoms with Crippen LogP contribution in [-0.2, 0) is 4.79 Å². The van der Waals surface area contributed by atoms with E-state index in [0.717, 1.165) is 0 Å². The van der Waals surface area contributed by atoms with Crippen LogP contribution in [0.1, 0.15) is 42.2 Å². The summed E-state index contributed by atoms with van der Waals surface area (Å²) >= 11 is 0. The van der Waals surface area contributed by atoms with Gasteiger partial charge >= 0.3 is 0 Å². The Morgan fingerprint density at radius 2 is 1.47 bits per heavy atom. The summed E-state index contributed by atoms with van der Waals surface area (Å²) in [4.78, 5) is 63.7. The Balaban J connectivity index is 1.27. The van der Waals surface area contributed by atoms with Gasteiger partial charge in [-0.1, -0.05) is 24.3 Å². The third kappa shape index (κ3) is 4.22. The predicted octanol–water partition coefficient (Wildman–Crippen LogP) is 0.692. The molecule has 2 heterocycles. The second-order valence-corrected chi connectivity index (χ2v) is 8.53.